The summed E-state index contributed by atoms with van der Waals surface area (Å²) in [5.41, 5.74) is 0.0613. The van der Waals surface area contributed by atoms with E-state index in [-0.39, 0.29) is 17.6 Å². The van der Waals surface area contributed by atoms with Crippen molar-refractivity contribution in [2.75, 3.05) is 11.9 Å². The van der Waals surface area contributed by atoms with Crippen molar-refractivity contribution < 1.29 is 14.1 Å². The van der Waals surface area contributed by atoms with Gasteiger partial charge in [-0.05, 0) is 25.8 Å². The Bertz CT molecular complexity index is 538. The zero-order valence-corrected chi connectivity index (χ0v) is 12.6. The van der Waals surface area contributed by atoms with E-state index in [9.17, 15) is 14.5 Å². The molecule has 1 N–H and O–H groups in total. The highest BCUT2D eigenvalue weighted by Gasteiger charge is 2.51. The minimum absolute atomic E-state index is 0.00569. The molecule has 116 valence electrons. The lowest BCUT2D eigenvalue weighted by Gasteiger charge is -2.53. The maximum atomic E-state index is 13.6. The first-order valence-corrected chi connectivity index (χ1v) is 7.24. The van der Waals surface area contributed by atoms with E-state index in [4.69, 9.17) is 4.74 Å². The molecule has 3 atom stereocenters. The number of nitrogens with zero attached hydrogens (tertiary/aromatic N) is 1. The molecule has 6 heteroatoms. The molecule has 1 saturated carbocycles. The molecule has 5 nitrogen and oxygen atoms in total. The number of halogens is 1. The van der Waals surface area contributed by atoms with Gasteiger partial charge in [-0.25, -0.2) is 0 Å². The molecule has 1 fully saturated rings. The molecular formula is C15H21FN2O3. The van der Waals surface area contributed by atoms with Gasteiger partial charge in [0.15, 0.2) is 0 Å². The number of nitro groups is 1. The zero-order valence-electron chi connectivity index (χ0n) is 12.6. The Hall–Kier alpha value is -1.69. The van der Waals surface area contributed by atoms with Gasteiger partial charge >= 0.3 is 5.69 Å². The van der Waals surface area contributed by atoms with E-state index in [1.165, 1.54) is 12.1 Å². The first kappa shape index (κ1) is 15.7. The zero-order chi connectivity index (χ0) is 15.6. The van der Waals surface area contributed by atoms with Crippen molar-refractivity contribution in [2.45, 2.75) is 45.8 Å². The normalized spacial score (nSPS) is 28.0. The van der Waals surface area contributed by atoms with Crippen LogP contribution in [0, 0.1) is 21.3 Å². The molecule has 1 aliphatic rings. The van der Waals surface area contributed by atoms with Crippen LogP contribution in [-0.2, 0) is 4.74 Å². The average Bonchev–Trinajstić information content (AvgIpc) is 2.45. The number of nitrogens with one attached hydrogen (secondary N) is 1. The summed E-state index contributed by atoms with van der Waals surface area (Å²) in [4.78, 5) is 9.90. The summed E-state index contributed by atoms with van der Waals surface area (Å²) in [7, 11) is 0. The molecule has 0 amide bonds. The first-order valence-electron chi connectivity index (χ1n) is 7.24. The minimum Gasteiger partial charge on any atom is -0.381 e. The Kier molecular flexibility index (Phi) is 4.46. The quantitative estimate of drug-likeness (QED) is 0.641. The fourth-order valence-corrected chi connectivity index (χ4v) is 2.92. The third-order valence-corrected chi connectivity index (χ3v) is 4.60. The predicted octanol–water partition coefficient (Wildman–Crippen LogP) is 3.74. The molecule has 0 spiro atoms. The Labute approximate surface area is 123 Å². The highest BCUT2D eigenvalue weighted by Crippen LogP contribution is 2.47. The summed E-state index contributed by atoms with van der Waals surface area (Å²) in [6.07, 6.45) is 2.01. The van der Waals surface area contributed by atoms with Crippen LogP contribution in [0.2, 0.25) is 0 Å². The molecule has 1 aromatic carbocycles. The number of hydrogen-bond acceptors (Lipinski definition) is 4. The minimum atomic E-state index is -0.816. The summed E-state index contributed by atoms with van der Waals surface area (Å²) >= 11 is 0. The van der Waals surface area contributed by atoms with Crippen LogP contribution in [0.15, 0.2) is 18.2 Å². The fourth-order valence-electron chi connectivity index (χ4n) is 2.92. The smallest absolute Gasteiger partial charge is 0.304 e. The standard InChI is InChI=1S/C15H21FN2O3/c1-4-15(3)13(9-14(15)21-5-2)17-10-6-7-12(18(19)20)11(16)8-10/h6-8,13-14,17H,4-5,9H2,1-3H3. The van der Waals surface area contributed by atoms with Crippen LogP contribution in [0.3, 0.4) is 0 Å². The monoisotopic (exact) mass is 296 g/mol. The molecule has 0 heterocycles. The Morgan fingerprint density at radius 3 is 2.76 bits per heavy atom. The van der Waals surface area contributed by atoms with Gasteiger partial charge in [0.1, 0.15) is 0 Å². The van der Waals surface area contributed by atoms with Crippen molar-refractivity contribution in [1.82, 2.24) is 0 Å². The van der Waals surface area contributed by atoms with E-state index in [2.05, 4.69) is 19.2 Å². The maximum Gasteiger partial charge on any atom is 0.304 e. The van der Waals surface area contributed by atoms with E-state index in [1.807, 2.05) is 6.92 Å². The third kappa shape index (κ3) is 2.85. The van der Waals surface area contributed by atoms with Gasteiger partial charge in [0.05, 0.1) is 11.0 Å². The van der Waals surface area contributed by atoms with E-state index in [1.54, 1.807) is 6.07 Å². The van der Waals surface area contributed by atoms with Crippen LogP contribution in [-0.4, -0.2) is 23.7 Å². The van der Waals surface area contributed by atoms with Crippen LogP contribution in [0.25, 0.3) is 0 Å². The van der Waals surface area contributed by atoms with Crippen molar-refractivity contribution in [3.05, 3.63) is 34.1 Å². The van der Waals surface area contributed by atoms with Crippen LogP contribution in [0.1, 0.15) is 33.6 Å². The molecule has 0 saturated heterocycles. The first-order chi connectivity index (χ1) is 9.92. The number of anilines is 1. The van der Waals surface area contributed by atoms with Gasteiger partial charge < -0.3 is 10.1 Å². The molecule has 0 aromatic heterocycles. The summed E-state index contributed by atoms with van der Waals surface area (Å²) < 4.78 is 19.4. The lowest BCUT2D eigenvalue weighted by molar-refractivity contribution is -0.387. The highest BCUT2D eigenvalue weighted by molar-refractivity contribution is 5.51. The van der Waals surface area contributed by atoms with Crippen LogP contribution in [0.5, 0.6) is 0 Å². The van der Waals surface area contributed by atoms with Gasteiger partial charge in [0.25, 0.3) is 0 Å². The number of hydrogen-bond donors (Lipinski definition) is 1. The molecule has 0 aliphatic heterocycles. The van der Waals surface area contributed by atoms with Gasteiger partial charge in [-0.1, -0.05) is 13.8 Å². The third-order valence-electron chi connectivity index (χ3n) is 4.60. The second-order valence-electron chi connectivity index (χ2n) is 5.66. The van der Waals surface area contributed by atoms with Gasteiger partial charge in [-0.3, -0.25) is 10.1 Å². The van der Waals surface area contributed by atoms with Gasteiger partial charge in [-0.2, -0.15) is 4.39 Å². The molecule has 0 radical (unpaired) electrons. The largest absolute Gasteiger partial charge is 0.381 e. The van der Waals surface area contributed by atoms with Crippen molar-refractivity contribution in [2.24, 2.45) is 5.41 Å². The Balaban J connectivity index is 2.09. The molecule has 3 unspecified atom stereocenters. The maximum absolute atomic E-state index is 13.6. The Morgan fingerprint density at radius 2 is 2.24 bits per heavy atom. The molecule has 21 heavy (non-hydrogen) atoms. The highest BCUT2D eigenvalue weighted by atomic mass is 19.1. The van der Waals surface area contributed by atoms with E-state index >= 15 is 0 Å². The van der Waals surface area contributed by atoms with Crippen LogP contribution in [0.4, 0.5) is 15.8 Å². The van der Waals surface area contributed by atoms with E-state index in [0.717, 1.165) is 12.8 Å². The summed E-state index contributed by atoms with van der Waals surface area (Å²) in [6, 6.07) is 4.10. The summed E-state index contributed by atoms with van der Waals surface area (Å²) in [6.45, 7) is 6.91. The van der Waals surface area contributed by atoms with Crippen molar-refractivity contribution in [1.29, 1.82) is 0 Å². The van der Waals surface area contributed by atoms with Gasteiger partial charge in [-0.15, -0.1) is 0 Å². The van der Waals surface area contributed by atoms with Gasteiger partial charge in [0.2, 0.25) is 5.82 Å². The topological polar surface area (TPSA) is 64.4 Å². The number of rotatable bonds is 6. The van der Waals surface area contributed by atoms with Crippen molar-refractivity contribution >= 4 is 11.4 Å². The Morgan fingerprint density at radius 1 is 1.52 bits per heavy atom. The lowest BCUT2D eigenvalue weighted by Crippen LogP contribution is -2.59. The summed E-state index contributed by atoms with van der Waals surface area (Å²) in [5.74, 6) is -0.816. The average molecular weight is 296 g/mol. The number of ether oxygens (including phenoxy) is 1. The molecule has 1 aromatic rings. The second kappa shape index (κ2) is 5.97. The number of benzene rings is 1. The SMILES string of the molecule is CCOC1CC(Nc2ccc([N+](=O)[O-])c(F)c2)C1(C)CC. The lowest BCUT2D eigenvalue weighted by atomic mass is 9.61. The van der Waals surface area contributed by atoms with Crippen molar-refractivity contribution in [3.8, 4) is 0 Å². The fraction of sp³-hybridized carbons (Fsp3) is 0.600. The van der Waals surface area contributed by atoms with Crippen LogP contribution < -0.4 is 5.32 Å². The molecular weight excluding hydrogens is 275 g/mol. The molecule has 0 bridgehead atoms. The second-order valence-corrected chi connectivity index (χ2v) is 5.66. The predicted molar refractivity (Wildman–Crippen MR) is 78.9 cm³/mol. The molecule has 1 aliphatic carbocycles. The van der Waals surface area contributed by atoms with Crippen molar-refractivity contribution in [3.63, 3.8) is 0 Å². The number of nitro benzene ring substituents is 1. The van der Waals surface area contributed by atoms with E-state index in [0.29, 0.717) is 12.3 Å². The van der Waals surface area contributed by atoms with E-state index < -0.39 is 16.4 Å². The van der Waals surface area contributed by atoms with Crippen LogP contribution >= 0.6 is 0 Å². The summed E-state index contributed by atoms with van der Waals surface area (Å²) in [5, 5.41) is 13.9. The van der Waals surface area contributed by atoms with Gasteiger partial charge in [0, 0.05) is 35.9 Å². The molecule has 2 rings (SSSR count).